The van der Waals surface area contributed by atoms with Crippen LogP contribution in [0.5, 0.6) is 0 Å². The molecule has 0 N–H and O–H groups in total. The van der Waals surface area contributed by atoms with Crippen LogP contribution in [0.4, 0.5) is 0 Å². The van der Waals surface area contributed by atoms with Crippen LogP contribution >= 0.6 is 0 Å². The molecule has 0 nitrogen and oxygen atoms in total. The predicted molar refractivity (Wildman–Crippen MR) is 111 cm³/mol. The van der Waals surface area contributed by atoms with Crippen LogP contribution in [0.2, 0.25) is 0 Å². The minimum Gasteiger partial charge on any atom is -1.00 e. The van der Waals surface area contributed by atoms with E-state index in [-0.39, 0.29) is 24.8 Å². The van der Waals surface area contributed by atoms with Crippen LogP contribution in [0.3, 0.4) is 0 Å². The van der Waals surface area contributed by atoms with Crippen LogP contribution in [0, 0.1) is 13.8 Å². The van der Waals surface area contributed by atoms with Crippen molar-refractivity contribution in [3.63, 3.8) is 0 Å². The molecule has 0 amide bonds. The van der Waals surface area contributed by atoms with Crippen molar-refractivity contribution in [1.82, 2.24) is 0 Å². The molecule has 144 valence electrons. The molecule has 0 aliphatic rings. The first-order valence-corrected chi connectivity index (χ1v) is 13.9. The Morgan fingerprint density at radius 2 is 0.857 bits per heavy atom. The van der Waals surface area contributed by atoms with Gasteiger partial charge in [-0.05, 0) is 0 Å². The zero-order valence-corrected chi connectivity index (χ0v) is 21.1. The summed E-state index contributed by atoms with van der Waals surface area (Å²) in [5.41, 5.74) is 2.20. The largest absolute Gasteiger partial charge is 1.00 e. The van der Waals surface area contributed by atoms with E-state index in [4.69, 9.17) is 0 Å². The third-order valence-corrected chi connectivity index (χ3v) is 9.87. The van der Waals surface area contributed by atoms with E-state index in [0.717, 1.165) is 0 Å². The van der Waals surface area contributed by atoms with Crippen molar-refractivity contribution in [1.29, 1.82) is 0 Å². The van der Waals surface area contributed by atoms with E-state index < -0.39 is 5.43 Å². The minimum absolute atomic E-state index is 0. The second-order valence-electron chi connectivity index (χ2n) is 6.03. The van der Waals surface area contributed by atoms with Gasteiger partial charge in [0.15, 0.2) is 0 Å². The normalized spacial score (nSPS) is 8.71. The van der Waals surface area contributed by atoms with Crippen LogP contribution < -0.4 is 35.2 Å². The number of aryl methyl sites for hydroxylation is 2. The van der Waals surface area contributed by atoms with Gasteiger partial charge in [-0.3, -0.25) is 0 Å². The molecule has 0 saturated carbocycles. The van der Waals surface area contributed by atoms with Gasteiger partial charge in [-0.25, -0.2) is 24.3 Å². The van der Waals surface area contributed by atoms with E-state index in [2.05, 4.69) is 62.4 Å². The number of halogens is 2. The maximum atomic E-state index is 2.29. The third-order valence-electron chi connectivity index (χ3n) is 3.79. The fourth-order valence-corrected chi connectivity index (χ4v) is 6.04. The average molecular weight is 503 g/mol. The van der Waals surface area contributed by atoms with Crippen LogP contribution in [-0.2, 0) is 23.3 Å². The van der Waals surface area contributed by atoms with Gasteiger partial charge in [0.05, 0.1) is 0 Å². The molecule has 0 fully saturated rings. The molecule has 0 bridgehead atoms. The molecular formula is C24H24Cl2SiZr-2. The number of hydrogen-bond donors (Lipinski definition) is 0. The molecule has 4 heteroatoms. The van der Waals surface area contributed by atoms with Crippen molar-refractivity contribution in [2.45, 2.75) is 13.8 Å². The monoisotopic (exact) mass is 500 g/mol. The summed E-state index contributed by atoms with van der Waals surface area (Å²) in [4.78, 5) is 0. The Bertz CT molecular complexity index is 742. The first-order valence-electron chi connectivity index (χ1n) is 8.73. The van der Waals surface area contributed by atoms with Gasteiger partial charge >= 0.3 is 113 Å². The molecule has 4 aromatic carbocycles. The van der Waals surface area contributed by atoms with E-state index in [1.54, 1.807) is 23.3 Å². The average Bonchev–Trinajstić information content (AvgIpc) is 3.41. The van der Waals surface area contributed by atoms with Crippen molar-refractivity contribution in [3.8, 4) is 0 Å². The molecule has 0 aliphatic heterocycles. The van der Waals surface area contributed by atoms with E-state index in [9.17, 15) is 0 Å². The summed E-state index contributed by atoms with van der Waals surface area (Å²) in [5.74, 6) is 0. The molecule has 0 heterocycles. The van der Waals surface area contributed by atoms with Crippen LogP contribution in [-0.4, -0.2) is 5.43 Å². The summed E-state index contributed by atoms with van der Waals surface area (Å²) in [6, 6.07) is 38.0. The number of benzene rings is 2. The van der Waals surface area contributed by atoms with Gasteiger partial charge < -0.3 is 24.8 Å². The Morgan fingerprint density at radius 3 is 1.07 bits per heavy atom. The van der Waals surface area contributed by atoms with Gasteiger partial charge in [-0.2, -0.15) is 36.4 Å². The standard InChI is InChI=1S/C14H14Si.2C5H5.2ClH.Zr/c1-11-3-7-13(8-4-11)15-14-9-5-12(2)6-10-14;2*1-2-4-5-3-1;;;/h3-10H,1-2H3;2*1-5H;2*1H;/q;2*-1;;;+2/p-2. The molecule has 4 rings (SSSR count). The zero-order valence-electron chi connectivity index (χ0n) is 16.1. The maximum absolute atomic E-state index is 2.29. The summed E-state index contributed by atoms with van der Waals surface area (Å²) in [6.07, 6.45) is 0. The second-order valence-corrected chi connectivity index (χ2v) is 11.6. The summed E-state index contributed by atoms with van der Waals surface area (Å²) in [5, 5.41) is 3.05. The first-order chi connectivity index (χ1) is 12.7. The van der Waals surface area contributed by atoms with Gasteiger partial charge in [0.25, 0.3) is 0 Å². The summed E-state index contributed by atoms with van der Waals surface area (Å²) >= 11 is 1.65. The zero-order chi connectivity index (χ0) is 18.6. The van der Waals surface area contributed by atoms with Crippen LogP contribution in [0.15, 0.2) is 109 Å². The van der Waals surface area contributed by atoms with Gasteiger partial charge in [0.2, 0.25) is 0 Å². The van der Waals surface area contributed by atoms with Gasteiger partial charge in [0, 0.05) is 0 Å². The maximum Gasteiger partial charge on any atom is -0.172 e. The Hall–Kier alpha value is -1.18. The number of hydrogen-bond acceptors (Lipinski definition) is 0. The molecule has 0 unspecified atom stereocenters. The molecule has 0 aromatic heterocycles. The Labute approximate surface area is 196 Å². The summed E-state index contributed by atoms with van der Waals surface area (Å²) in [6.45, 7) is 4.29. The van der Waals surface area contributed by atoms with E-state index in [1.165, 1.54) is 21.5 Å². The van der Waals surface area contributed by atoms with Crippen molar-refractivity contribution < 1.29 is 48.1 Å². The minimum atomic E-state index is -0.488. The van der Waals surface area contributed by atoms with Crippen molar-refractivity contribution >= 4 is 15.8 Å². The van der Waals surface area contributed by atoms with Crippen molar-refractivity contribution in [3.05, 3.63) is 120 Å². The summed E-state index contributed by atoms with van der Waals surface area (Å²) in [7, 11) is 0. The predicted octanol–water partition coefficient (Wildman–Crippen LogP) is -1.23. The fourth-order valence-electron chi connectivity index (χ4n) is 2.25. The third kappa shape index (κ3) is 10.4. The molecule has 0 aliphatic carbocycles. The van der Waals surface area contributed by atoms with Crippen molar-refractivity contribution in [2.75, 3.05) is 0 Å². The molecule has 0 radical (unpaired) electrons. The van der Waals surface area contributed by atoms with Gasteiger partial charge in [-0.1, -0.05) is 0 Å². The Kier molecular flexibility index (Phi) is 15.0. The topological polar surface area (TPSA) is 0 Å². The van der Waals surface area contributed by atoms with Gasteiger partial charge in [-0.15, -0.1) is 0 Å². The summed E-state index contributed by atoms with van der Waals surface area (Å²) < 4.78 is 0. The molecule has 0 spiro atoms. The number of rotatable bonds is 2. The molecule has 28 heavy (non-hydrogen) atoms. The van der Waals surface area contributed by atoms with E-state index in [1.807, 2.05) is 60.7 Å². The molecule has 4 aromatic rings. The SMILES string of the molecule is Cc1ccc([Si](=[Zr+2])c2ccc(C)cc2)cc1.[Cl-].[Cl-].c1cc[cH-]c1.c1cc[cH-]c1. The van der Waals surface area contributed by atoms with Crippen molar-refractivity contribution in [2.24, 2.45) is 0 Å². The Morgan fingerprint density at radius 1 is 0.571 bits per heavy atom. The first kappa shape index (κ1) is 26.8. The molecular weight excluding hydrogens is 478 g/mol. The van der Waals surface area contributed by atoms with Crippen LogP contribution in [0.25, 0.3) is 0 Å². The molecule has 0 saturated heterocycles. The van der Waals surface area contributed by atoms with E-state index in [0.29, 0.717) is 0 Å². The fraction of sp³-hybridized carbons (Fsp3) is 0.0833. The van der Waals surface area contributed by atoms with Gasteiger partial charge in [0.1, 0.15) is 0 Å². The smallest absolute Gasteiger partial charge is 0.172 e. The quantitative estimate of drug-likeness (QED) is 0.238. The molecule has 0 atom stereocenters. The second kappa shape index (κ2) is 15.7. The van der Waals surface area contributed by atoms with E-state index >= 15 is 0 Å². The Balaban J connectivity index is 0.000000500. The van der Waals surface area contributed by atoms with Crippen LogP contribution in [0.1, 0.15) is 11.1 Å².